The van der Waals surface area contributed by atoms with Crippen molar-refractivity contribution in [1.29, 1.82) is 0 Å². The van der Waals surface area contributed by atoms with Crippen LogP contribution in [0.25, 0.3) is 0 Å². The molecular weight excluding hydrogens is 300 g/mol. The smallest absolute Gasteiger partial charge is 0.137 e. The third-order valence-electron chi connectivity index (χ3n) is 8.81. The van der Waals surface area contributed by atoms with Gasteiger partial charge in [0, 0.05) is 18.3 Å². The lowest BCUT2D eigenvalue weighted by Crippen LogP contribution is -2.58. The first-order valence-electron chi connectivity index (χ1n) is 9.98. The number of hydrogen-bond donors (Lipinski definition) is 1. The maximum absolute atomic E-state index is 13.3. The van der Waals surface area contributed by atoms with E-state index in [1.54, 1.807) is 6.92 Å². The summed E-state index contributed by atoms with van der Waals surface area (Å²) in [6, 6.07) is 0. The number of Topliss-reactive ketones (excluding diaryl/α,β-unsaturated/α-hetero) is 2. The maximum atomic E-state index is 13.3. The number of rotatable bonds is 1. The minimum Gasteiger partial charge on any atom is -0.393 e. The Hall–Kier alpha value is -0.700. The first-order chi connectivity index (χ1) is 11.3. The third-order valence-corrected chi connectivity index (χ3v) is 8.81. The molecule has 4 rings (SSSR count). The zero-order chi connectivity index (χ0) is 17.3. The topological polar surface area (TPSA) is 54.4 Å². The van der Waals surface area contributed by atoms with Gasteiger partial charge in [0.2, 0.25) is 0 Å². The normalized spacial score (nSPS) is 53.9. The Morgan fingerprint density at radius 3 is 2.54 bits per heavy atom. The highest BCUT2D eigenvalue weighted by Gasteiger charge is 2.63. The summed E-state index contributed by atoms with van der Waals surface area (Å²) in [6.45, 7) is 6.28. The summed E-state index contributed by atoms with van der Waals surface area (Å²) < 4.78 is 0. The van der Waals surface area contributed by atoms with Crippen LogP contribution >= 0.6 is 0 Å². The molecule has 0 bridgehead atoms. The molecule has 0 radical (unpaired) electrons. The van der Waals surface area contributed by atoms with Crippen LogP contribution in [-0.2, 0) is 9.59 Å². The van der Waals surface area contributed by atoms with E-state index in [4.69, 9.17) is 0 Å². The standard InChI is InChI=1S/C21H32O3/c1-12(22)16-6-7-17-15-5-4-13-10-14(23)8-9-20(13,2)19(15)18(24)11-21(16,17)3/h13-17,19,23H,4-11H2,1-3H3/t13-,14-,15+,16+,17-,19+,20-,21+/m0/s1. The van der Waals surface area contributed by atoms with E-state index >= 15 is 0 Å². The molecule has 0 aliphatic heterocycles. The highest BCUT2D eigenvalue weighted by atomic mass is 16.3. The zero-order valence-electron chi connectivity index (χ0n) is 15.4. The number of fused-ring (bicyclic) bond motifs is 5. The predicted octanol–water partition coefficient (Wildman–Crippen LogP) is 3.77. The van der Waals surface area contributed by atoms with Crippen molar-refractivity contribution in [3.05, 3.63) is 0 Å². The van der Waals surface area contributed by atoms with Crippen molar-refractivity contribution >= 4 is 11.6 Å². The van der Waals surface area contributed by atoms with Crippen molar-refractivity contribution in [2.24, 2.45) is 40.4 Å². The molecule has 24 heavy (non-hydrogen) atoms. The summed E-state index contributed by atoms with van der Waals surface area (Å²) >= 11 is 0. The van der Waals surface area contributed by atoms with Crippen molar-refractivity contribution in [3.63, 3.8) is 0 Å². The number of aliphatic hydroxyl groups is 1. The zero-order valence-corrected chi connectivity index (χ0v) is 15.4. The van der Waals surface area contributed by atoms with E-state index in [2.05, 4.69) is 13.8 Å². The summed E-state index contributed by atoms with van der Waals surface area (Å²) in [5.41, 5.74) is -0.0175. The summed E-state index contributed by atoms with van der Waals surface area (Å²) in [7, 11) is 0. The van der Waals surface area contributed by atoms with E-state index in [9.17, 15) is 14.7 Å². The molecule has 0 unspecified atom stereocenters. The van der Waals surface area contributed by atoms with Crippen molar-refractivity contribution in [2.45, 2.75) is 78.2 Å². The second-order valence-corrected chi connectivity index (χ2v) is 9.85. The predicted molar refractivity (Wildman–Crippen MR) is 92.3 cm³/mol. The van der Waals surface area contributed by atoms with Crippen LogP contribution in [0.15, 0.2) is 0 Å². The van der Waals surface area contributed by atoms with Crippen LogP contribution in [0.3, 0.4) is 0 Å². The molecule has 134 valence electrons. The first-order valence-corrected chi connectivity index (χ1v) is 9.98. The van der Waals surface area contributed by atoms with Crippen LogP contribution in [0, 0.1) is 40.4 Å². The summed E-state index contributed by atoms with van der Waals surface area (Å²) in [4.78, 5) is 25.5. The van der Waals surface area contributed by atoms with Gasteiger partial charge in [-0.3, -0.25) is 9.59 Å². The van der Waals surface area contributed by atoms with Crippen LogP contribution in [0.5, 0.6) is 0 Å². The monoisotopic (exact) mass is 332 g/mol. The number of carbonyl (C=O) groups excluding carboxylic acids is 2. The summed E-state index contributed by atoms with van der Waals surface area (Å²) in [5.74, 6) is 2.48. The van der Waals surface area contributed by atoms with Gasteiger partial charge in [0.1, 0.15) is 11.6 Å². The second-order valence-electron chi connectivity index (χ2n) is 9.85. The molecule has 0 aromatic rings. The Morgan fingerprint density at radius 1 is 1.08 bits per heavy atom. The van der Waals surface area contributed by atoms with E-state index in [0.29, 0.717) is 30.0 Å². The van der Waals surface area contributed by atoms with Crippen LogP contribution in [0.1, 0.15) is 72.1 Å². The maximum Gasteiger partial charge on any atom is 0.137 e. The van der Waals surface area contributed by atoms with E-state index in [1.807, 2.05) is 0 Å². The van der Waals surface area contributed by atoms with Gasteiger partial charge in [-0.2, -0.15) is 0 Å². The SMILES string of the molecule is CC(=O)[C@H]1CC[C@H]2[C@H]3CC[C@H]4C[C@@H](O)CC[C@]4(C)[C@H]3C(=O)C[C@]12C. The van der Waals surface area contributed by atoms with Gasteiger partial charge in [0.05, 0.1) is 6.10 Å². The van der Waals surface area contributed by atoms with E-state index in [0.717, 1.165) is 44.9 Å². The Balaban J connectivity index is 1.68. The molecule has 0 heterocycles. The molecule has 4 aliphatic rings. The fraction of sp³-hybridized carbons (Fsp3) is 0.905. The number of hydrogen-bond acceptors (Lipinski definition) is 3. The molecule has 3 heteroatoms. The highest BCUT2D eigenvalue weighted by molar-refractivity contribution is 5.87. The fourth-order valence-electron chi connectivity index (χ4n) is 7.72. The van der Waals surface area contributed by atoms with E-state index < -0.39 is 0 Å². The quantitative estimate of drug-likeness (QED) is 0.795. The van der Waals surface area contributed by atoms with E-state index in [1.165, 1.54) is 0 Å². The van der Waals surface area contributed by atoms with Crippen LogP contribution in [-0.4, -0.2) is 22.8 Å². The molecule has 3 nitrogen and oxygen atoms in total. The molecule has 0 spiro atoms. The molecule has 0 aromatic carbocycles. The second kappa shape index (κ2) is 5.40. The van der Waals surface area contributed by atoms with Gasteiger partial charge in [-0.1, -0.05) is 13.8 Å². The van der Waals surface area contributed by atoms with E-state index in [-0.39, 0.29) is 34.6 Å². The molecule has 4 fully saturated rings. The fourth-order valence-corrected chi connectivity index (χ4v) is 7.72. The molecule has 4 saturated carbocycles. The Morgan fingerprint density at radius 2 is 1.83 bits per heavy atom. The van der Waals surface area contributed by atoms with Gasteiger partial charge in [-0.05, 0) is 80.5 Å². The molecule has 0 saturated heterocycles. The minimum atomic E-state index is -0.169. The molecule has 0 aromatic heterocycles. The van der Waals surface area contributed by atoms with Crippen LogP contribution < -0.4 is 0 Å². The average Bonchev–Trinajstić information content (AvgIpc) is 2.84. The first kappa shape index (κ1) is 16.8. The van der Waals surface area contributed by atoms with Crippen molar-refractivity contribution < 1.29 is 14.7 Å². The molecule has 8 atom stereocenters. The average molecular weight is 332 g/mol. The number of ketones is 2. The van der Waals surface area contributed by atoms with Gasteiger partial charge in [-0.25, -0.2) is 0 Å². The molecule has 4 aliphatic carbocycles. The van der Waals surface area contributed by atoms with Crippen molar-refractivity contribution in [1.82, 2.24) is 0 Å². The molecule has 0 amide bonds. The van der Waals surface area contributed by atoms with Crippen LogP contribution in [0.2, 0.25) is 0 Å². The van der Waals surface area contributed by atoms with Crippen molar-refractivity contribution in [3.8, 4) is 0 Å². The third kappa shape index (κ3) is 2.12. The van der Waals surface area contributed by atoms with Gasteiger partial charge in [0.15, 0.2) is 0 Å². The lowest BCUT2D eigenvalue weighted by Gasteiger charge is -2.59. The summed E-state index contributed by atoms with van der Waals surface area (Å²) in [5, 5.41) is 10.1. The number of carbonyl (C=O) groups is 2. The van der Waals surface area contributed by atoms with Gasteiger partial charge >= 0.3 is 0 Å². The van der Waals surface area contributed by atoms with Crippen LogP contribution in [0.4, 0.5) is 0 Å². The Kier molecular flexibility index (Phi) is 3.77. The van der Waals surface area contributed by atoms with Gasteiger partial charge in [-0.15, -0.1) is 0 Å². The lowest BCUT2D eigenvalue weighted by atomic mass is 9.44. The number of aliphatic hydroxyl groups excluding tert-OH is 1. The lowest BCUT2D eigenvalue weighted by molar-refractivity contribution is -0.162. The summed E-state index contributed by atoms with van der Waals surface area (Å²) in [6.07, 6.45) is 7.53. The van der Waals surface area contributed by atoms with Crippen molar-refractivity contribution in [2.75, 3.05) is 0 Å². The highest BCUT2D eigenvalue weighted by Crippen LogP contribution is 2.66. The van der Waals surface area contributed by atoms with Gasteiger partial charge in [0.25, 0.3) is 0 Å². The van der Waals surface area contributed by atoms with Gasteiger partial charge < -0.3 is 5.11 Å². The molecule has 1 N–H and O–H groups in total. The minimum absolute atomic E-state index is 0.0782. The largest absolute Gasteiger partial charge is 0.393 e. The Bertz CT molecular complexity index is 569. The Labute approximate surface area is 145 Å². The molecular formula is C21H32O3.